The predicted octanol–water partition coefficient (Wildman–Crippen LogP) is 4.88. The number of para-hydroxylation sites is 1. The summed E-state index contributed by atoms with van der Waals surface area (Å²) >= 11 is 1.43. The van der Waals surface area contributed by atoms with Gasteiger partial charge in [0.15, 0.2) is 11.0 Å². The fourth-order valence-corrected chi connectivity index (χ4v) is 4.07. The van der Waals surface area contributed by atoms with Gasteiger partial charge >= 0.3 is 0 Å². The third kappa shape index (κ3) is 4.16. The van der Waals surface area contributed by atoms with Crippen LogP contribution in [-0.4, -0.2) is 19.7 Å². The fraction of sp³-hybridized carbons (Fsp3) is 0.304. The fourth-order valence-electron chi connectivity index (χ4n) is 3.21. The first-order valence-electron chi connectivity index (χ1n) is 9.96. The largest absolute Gasteiger partial charge is 0.339 e. The molecule has 2 heterocycles. The molecule has 0 amide bonds. The van der Waals surface area contributed by atoms with E-state index in [0.717, 1.165) is 17.7 Å². The summed E-state index contributed by atoms with van der Waals surface area (Å²) < 4.78 is 7.01. The predicted molar refractivity (Wildman–Crippen MR) is 119 cm³/mol. The summed E-state index contributed by atoms with van der Waals surface area (Å²) in [6.07, 6.45) is 0.749. The maximum atomic E-state index is 13.3. The molecule has 0 fully saturated rings. The molecule has 154 valence electrons. The van der Waals surface area contributed by atoms with Crippen molar-refractivity contribution in [2.75, 3.05) is 0 Å². The lowest BCUT2D eigenvalue weighted by molar-refractivity contribution is 0.360. The first kappa shape index (κ1) is 20.3. The minimum absolute atomic E-state index is 0.0834. The van der Waals surface area contributed by atoms with Crippen LogP contribution in [0.15, 0.2) is 56.9 Å². The SMILES string of the molecule is Cc1ccc(-n2c(SCc3noc(CC(C)C)n3)nc3ccccc3c2=O)cc1C. The molecule has 0 aliphatic heterocycles. The van der Waals surface area contributed by atoms with Gasteiger partial charge in [-0.15, -0.1) is 0 Å². The molecule has 0 atom stereocenters. The molecule has 0 saturated carbocycles. The van der Waals surface area contributed by atoms with Crippen LogP contribution < -0.4 is 5.56 Å². The van der Waals surface area contributed by atoms with E-state index in [1.807, 2.05) is 49.4 Å². The number of hydrogen-bond acceptors (Lipinski definition) is 6. The second-order valence-corrected chi connectivity index (χ2v) is 8.75. The van der Waals surface area contributed by atoms with E-state index in [9.17, 15) is 4.79 Å². The summed E-state index contributed by atoms with van der Waals surface area (Å²) in [5.74, 6) is 2.16. The quantitative estimate of drug-likeness (QED) is 0.327. The van der Waals surface area contributed by atoms with Crippen LogP contribution >= 0.6 is 11.8 Å². The van der Waals surface area contributed by atoms with Gasteiger partial charge in [-0.1, -0.05) is 49.0 Å². The highest BCUT2D eigenvalue weighted by molar-refractivity contribution is 7.98. The molecule has 6 nitrogen and oxygen atoms in total. The second-order valence-electron chi connectivity index (χ2n) is 7.81. The van der Waals surface area contributed by atoms with Crippen molar-refractivity contribution in [2.45, 2.75) is 45.0 Å². The van der Waals surface area contributed by atoms with Crippen molar-refractivity contribution in [3.05, 3.63) is 75.7 Å². The topological polar surface area (TPSA) is 73.8 Å². The lowest BCUT2D eigenvalue weighted by Gasteiger charge is -2.14. The van der Waals surface area contributed by atoms with E-state index in [0.29, 0.717) is 39.4 Å². The van der Waals surface area contributed by atoms with Crippen LogP contribution in [0.3, 0.4) is 0 Å². The number of nitrogens with zero attached hydrogens (tertiary/aromatic N) is 4. The Hall–Kier alpha value is -2.93. The molecule has 0 saturated heterocycles. The van der Waals surface area contributed by atoms with Crippen molar-refractivity contribution < 1.29 is 4.52 Å². The van der Waals surface area contributed by atoms with Crippen LogP contribution in [-0.2, 0) is 12.2 Å². The zero-order chi connectivity index (χ0) is 21.3. The number of aromatic nitrogens is 4. The first-order chi connectivity index (χ1) is 14.4. The van der Waals surface area contributed by atoms with Gasteiger partial charge in [0, 0.05) is 6.42 Å². The van der Waals surface area contributed by atoms with E-state index in [-0.39, 0.29) is 5.56 Å². The van der Waals surface area contributed by atoms with Crippen LogP contribution in [0.4, 0.5) is 0 Å². The highest BCUT2D eigenvalue weighted by Crippen LogP contribution is 2.25. The van der Waals surface area contributed by atoms with Crippen LogP contribution in [0.25, 0.3) is 16.6 Å². The highest BCUT2D eigenvalue weighted by atomic mass is 32.2. The van der Waals surface area contributed by atoms with E-state index < -0.39 is 0 Å². The number of fused-ring (bicyclic) bond motifs is 1. The summed E-state index contributed by atoms with van der Waals surface area (Å²) in [7, 11) is 0. The Bertz CT molecular complexity index is 1260. The minimum Gasteiger partial charge on any atom is -0.339 e. The zero-order valence-electron chi connectivity index (χ0n) is 17.5. The van der Waals surface area contributed by atoms with E-state index in [1.54, 1.807) is 4.57 Å². The van der Waals surface area contributed by atoms with Gasteiger partial charge in [0.1, 0.15) is 0 Å². The Kier molecular flexibility index (Phi) is 5.72. The van der Waals surface area contributed by atoms with E-state index in [2.05, 4.69) is 30.9 Å². The Morgan fingerprint density at radius 1 is 1.07 bits per heavy atom. The van der Waals surface area contributed by atoms with Gasteiger partial charge in [-0.2, -0.15) is 4.98 Å². The summed E-state index contributed by atoms with van der Waals surface area (Å²) in [5, 5.41) is 5.28. The summed E-state index contributed by atoms with van der Waals surface area (Å²) in [6.45, 7) is 8.32. The van der Waals surface area contributed by atoms with Gasteiger partial charge in [-0.3, -0.25) is 9.36 Å². The average Bonchev–Trinajstić information content (AvgIpc) is 3.15. The Morgan fingerprint density at radius 2 is 1.87 bits per heavy atom. The molecule has 0 aliphatic rings. The van der Waals surface area contributed by atoms with E-state index in [1.165, 1.54) is 17.3 Å². The number of benzene rings is 2. The zero-order valence-corrected chi connectivity index (χ0v) is 18.4. The van der Waals surface area contributed by atoms with Gasteiger partial charge < -0.3 is 4.52 Å². The standard InChI is InChI=1S/C23H24N4O2S/c1-14(2)11-21-25-20(26-29-21)13-30-23-24-19-8-6-5-7-18(19)22(28)27(23)17-10-9-15(3)16(4)12-17/h5-10,12,14H,11,13H2,1-4H3. The molecule has 0 unspecified atom stereocenters. The molecule has 2 aromatic carbocycles. The molecular weight excluding hydrogens is 396 g/mol. The second kappa shape index (κ2) is 8.44. The van der Waals surface area contributed by atoms with Crippen LogP contribution in [0.2, 0.25) is 0 Å². The number of hydrogen-bond donors (Lipinski definition) is 0. The van der Waals surface area contributed by atoms with Crippen molar-refractivity contribution in [3.63, 3.8) is 0 Å². The van der Waals surface area contributed by atoms with Crippen LogP contribution in [0, 0.1) is 19.8 Å². The van der Waals surface area contributed by atoms with Crippen molar-refractivity contribution in [1.29, 1.82) is 0 Å². The summed E-state index contributed by atoms with van der Waals surface area (Å²) in [5.41, 5.74) is 3.70. The molecular formula is C23H24N4O2S. The summed E-state index contributed by atoms with van der Waals surface area (Å²) in [4.78, 5) is 22.6. The molecule has 2 aromatic heterocycles. The van der Waals surface area contributed by atoms with Gasteiger partial charge in [0.2, 0.25) is 5.89 Å². The molecule has 0 N–H and O–H groups in total. The van der Waals surface area contributed by atoms with E-state index >= 15 is 0 Å². The van der Waals surface area contributed by atoms with Crippen LogP contribution in [0.1, 0.15) is 36.7 Å². The van der Waals surface area contributed by atoms with Crippen LogP contribution in [0.5, 0.6) is 0 Å². The number of aryl methyl sites for hydroxylation is 2. The third-order valence-corrected chi connectivity index (χ3v) is 5.85. The first-order valence-corrected chi connectivity index (χ1v) is 10.9. The number of thioether (sulfide) groups is 1. The average molecular weight is 421 g/mol. The lowest BCUT2D eigenvalue weighted by atomic mass is 10.1. The molecule has 0 spiro atoms. The van der Waals surface area contributed by atoms with Gasteiger partial charge in [-0.25, -0.2) is 4.98 Å². The normalized spacial score (nSPS) is 11.5. The lowest BCUT2D eigenvalue weighted by Crippen LogP contribution is -2.22. The molecule has 0 aliphatic carbocycles. The van der Waals surface area contributed by atoms with Gasteiger partial charge in [0.05, 0.1) is 22.3 Å². The van der Waals surface area contributed by atoms with E-state index in [4.69, 9.17) is 9.51 Å². The van der Waals surface area contributed by atoms with Crippen molar-refractivity contribution in [1.82, 2.24) is 19.7 Å². The maximum absolute atomic E-state index is 13.3. The Balaban J connectivity index is 1.75. The monoisotopic (exact) mass is 420 g/mol. The number of rotatable bonds is 6. The molecule has 4 rings (SSSR count). The van der Waals surface area contributed by atoms with Crippen molar-refractivity contribution in [2.24, 2.45) is 5.92 Å². The van der Waals surface area contributed by atoms with Gasteiger partial charge in [-0.05, 0) is 55.2 Å². The Morgan fingerprint density at radius 3 is 2.63 bits per heavy atom. The maximum Gasteiger partial charge on any atom is 0.266 e. The third-order valence-electron chi connectivity index (χ3n) is 4.92. The van der Waals surface area contributed by atoms with Crippen molar-refractivity contribution in [3.8, 4) is 5.69 Å². The molecule has 30 heavy (non-hydrogen) atoms. The molecule has 0 radical (unpaired) electrons. The smallest absolute Gasteiger partial charge is 0.266 e. The molecule has 7 heteroatoms. The molecule has 4 aromatic rings. The Labute approximate surface area is 179 Å². The summed E-state index contributed by atoms with van der Waals surface area (Å²) in [6, 6.07) is 13.4. The minimum atomic E-state index is -0.0834. The van der Waals surface area contributed by atoms with Crippen molar-refractivity contribution >= 4 is 22.7 Å². The molecule has 0 bridgehead atoms. The van der Waals surface area contributed by atoms with Gasteiger partial charge in [0.25, 0.3) is 5.56 Å². The highest BCUT2D eigenvalue weighted by Gasteiger charge is 2.16.